The number of nitrogens with one attached hydrogen (secondary N) is 3. The minimum Gasteiger partial charge on any atom is -0.368 e. The molecule has 0 aliphatic carbocycles. The van der Waals surface area contributed by atoms with E-state index in [1.807, 2.05) is 61.5 Å². The third-order valence-corrected chi connectivity index (χ3v) is 4.42. The van der Waals surface area contributed by atoms with Gasteiger partial charge in [-0.25, -0.2) is 5.43 Å². The maximum Gasteiger partial charge on any atom is 0.238 e. The van der Waals surface area contributed by atoms with Crippen molar-refractivity contribution in [2.24, 2.45) is 5.73 Å². The fourth-order valence-corrected chi connectivity index (χ4v) is 3.01. The average Bonchev–Trinajstić information content (AvgIpc) is 2.97. The van der Waals surface area contributed by atoms with Crippen molar-refractivity contribution in [2.45, 2.75) is 31.5 Å². The van der Waals surface area contributed by atoms with Gasteiger partial charge < -0.3 is 11.1 Å². The predicted octanol–water partition coefficient (Wildman–Crippen LogP) is 0.731. The van der Waals surface area contributed by atoms with Crippen molar-refractivity contribution in [2.75, 3.05) is 0 Å². The summed E-state index contributed by atoms with van der Waals surface area (Å²) in [6.45, 7) is 1.88. The van der Waals surface area contributed by atoms with Gasteiger partial charge in [0.25, 0.3) is 0 Å². The minimum absolute atomic E-state index is 0.0816. The molecule has 0 saturated carbocycles. The molecule has 3 unspecified atom stereocenters. The number of amides is 2. The highest BCUT2D eigenvalue weighted by atomic mass is 16.2. The predicted molar refractivity (Wildman–Crippen MR) is 96.2 cm³/mol. The maximum atomic E-state index is 12.3. The third-order valence-electron chi connectivity index (χ3n) is 4.42. The molecule has 1 fully saturated rings. The Balaban J connectivity index is 1.62. The second-order valence-corrected chi connectivity index (χ2v) is 6.29. The molecule has 1 saturated heterocycles. The van der Waals surface area contributed by atoms with E-state index in [1.54, 1.807) is 0 Å². The van der Waals surface area contributed by atoms with E-state index in [1.165, 1.54) is 0 Å². The summed E-state index contributed by atoms with van der Waals surface area (Å²) in [5.74, 6) is -0.629. The fraction of sp³-hybridized carbons (Fsp3) is 0.263. The summed E-state index contributed by atoms with van der Waals surface area (Å²) in [6.07, 6.45) is 0.254. The number of benzene rings is 2. The average molecular weight is 338 g/mol. The first kappa shape index (κ1) is 17.1. The van der Waals surface area contributed by atoms with Crippen LogP contribution in [0, 0.1) is 0 Å². The summed E-state index contributed by atoms with van der Waals surface area (Å²) >= 11 is 0. The van der Waals surface area contributed by atoms with Crippen molar-refractivity contribution in [3.05, 3.63) is 60.2 Å². The molecule has 5 N–H and O–H groups in total. The first-order valence-electron chi connectivity index (χ1n) is 8.28. The van der Waals surface area contributed by atoms with Crippen LogP contribution in [0.2, 0.25) is 0 Å². The fourth-order valence-electron chi connectivity index (χ4n) is 3.01. The summed E-state index contributed by atoms with van der Waals surface area (Å²) in [5, 5.41) is 2.89. The molecule has 25 heavy (non-hydrogen) atoms. The Morgan fingerprint density at radius 2 is 1.64 bits per heavy atom. The van der Waals surface area contributed by atoms with E-state index in [0.29, 0.717) is 0 Å². The molecule has 6 nitrogen and oxygen atoms in total. The monoisotopic (exact) mass is 338 g/mol. The topological polar surface area (TPSA) is 96.2 Å². The van der Waals surface area contributed by atoms with Crippen molar-refractivity contribution >= 4 is 11.8 Å². The van der Waals surface area contributed by atoms with Crippen molar-refractivity contribution in [3.8, 4) is 11.1 Å². The largest absolute Gasteiger partial charge is 0.368 e. The molecule has 1 aliphatic rings. The van der Waals surface area contributed by atoms with Gasteiger partial charge in [-0.05, 0) is 23.6 Å². The van der Waals surface area contributed by atoms with Crippen LogP contribution in [0.3, 0.4) is 0 Å². The van der Waals surface area contributed by atoms with Gasteiger partial charge in [-0.1, -0.05) is 54.6 Å². The molecule has 0 bridgehead atoms. The van der Waals surface area contributed by atoms with E-state index in [0.717, 1.165) is 16.7 Å². The SMILES string of the molecule is CC1NNC(C(N)=O)C1NC(=O)Cc1ccc(-c2ccccc2)cc1. The number of hydrazine groups is 1. The Morgan fingerprint density at radius 3 is 2.28 bits per heavy atom. The molecule has 3 rings (SSSR count). The summed E-state index contributed by atoms with van der Waals surface area (Å²) in [5.41, 5.74) is 14.3. The number of primary amides is 1. The van der Waals surface area contributed by atoms with Crippen LogP contribution in [0.1, 0.15) is 12.5 Å². The maximum absolute atomic E-state index is 12.3. The molecular formula is C19H22N4O2. The first-order chi connectivity index (χ1) is 12.0. The van der Waals surface area contributed by atoms with Crippen LogP contribution < -0.4 is 21.9 Å². The number of hydrogen-bond acceptors (Lipinski definition) is 4. The van der Waals surface area contributed by atoms with Crippen LogP contribution in [-0.4, -0.2) is 29.9 Å². The molecular weight excluding hydrogens is 316 g/mol. The van der Waals surface area contributed by atoms with Crippen molar-refractivity contribution in [3.63, 3.8) is 0 Å². The van der Waals surface area contributed by atoms with Crippen molar-refractivity contribution < 1.29 is 9.59 Å². The summed E-state index contributed by atoms with van der Waals surface area (Å²) < 4.78 is 0. The first-order valence-corrected chi connectivity index (χ1v) is 8.28. The van der Waals surface area contributed by atoms with E-state index in [-0.39, 0.29) is 24.4 Å². The summed E-state index contributed by atoms with van der Waals surface area (Å²) in [6, 6.07) is 16.9. The summed E-state index contributed by atoms with van der Waals surface area (Å²) in [7, 11) is 0. The van der Waals surface area contributed by atoms with Crippen LogP contribution in [0.5, 0.6) is 0 Å². The Labute approximate surface area is 146 Å². The number of carbonyl (C=O) groups is 2. The number of nitrogens with two attached hydrogens (primary N) is 1. The highest BCUT2D eigenvalue weighted by molar-refractivity contribution is 5.84. The normalized spacial score (nSPS) is 22.5. The van der Waals surface area contributed by atoms with Gasteiger partial charge in [-0.2, -0.15) is 0 Å². The van der Waals surface area contributed by atoms with Crippen LogP contribution in [0.4, 0.5) is 0 Å². The third kappa shape index (κ3) is 4.04. The molecule has 2 amide bonds. The minimum atomic E-state index is -0.612. The zero-order valence-corrected chi connectivity index (χ0v) is 14.0. The molecule has 130 valence electrons. The van der Waals surface area contributed by atoms with Gasteiger partial charge in [0.15, 0.2) is 0 Å². The second-order valence-electron chi connectivity index (χ2n) is 6.29. The van der Waals surface area contributed by atoms with E-state index >= 15 is 0 Å². The highest BCUT2D eigenvalue weighted by Gasteiger charge is 2.37. The van der Waals surface area contributed by atoms with Gasteiger partial charge in [-0.15, -0.1) is 0 Å². The molecule has 0 spiro atoms. The molecule has 2 aromatic carbocycles. The van der Waals surface area contributed by atoms with Crippen molar-refractivity contribution in [1.29, 1.82) is 0 Å². The summed E-state index contributed by atoms with van der Waals surface area (Å²) in [4.78, 5) is 23.8. The molecule has 3 atom stereocenters. The molecule has 2 aromatic rings. The zero-order chi connectivity index (χ0) is 17.8. The Hall–Kier alpha value is -2.70. The Morgan fingerprint density at radius 1 is 1.00 bits per heavy atom. The zero-order valence-electron chi connectivity index (χ0n) is 14.0. The number of rotatable bonds is 5. The van der Waals surface area contributed by atoms with Gasteiger partial charge >= 0.3 is 0 Å². The van der Waals surface area contributed by atoms with E-state index < -0.39 is 11.9 Å². The quantitative estimate of drug-likeness (QED) is 0.646. The lowest BCUT2D eigenvalue weighted by atomic mass is 10.0. The van der Waals surface area contributed by atoms with Crippen molar-refractivity contribution in [1.82, 2.24) is 16.2 Å². The Kier molecular flexibility index (Phi) is 5.11. The van der Waals surface area contributed by atoms with Gasteiger partial charge in [0, 0.05) is 6.04 Å². The van der Waals surface area contributed by atoms with E-state index in [2.05, 4.69) is 16.2 Å². The lowest BCUT2D eigenvalue weighted by Gasteiger charge is -2.20. The van der Waals surface area contributed by atoms with E-state index in [9.17, 15) is 9.59 Å². The van der Waals surface area contributed by atoms with Gasteiger partial charge in [-0.3, -0.25) is 15.0 Å². The molecule has 0 aromatic heterocycles. The van der Waals surface area contributed by atoms with Gasteiger partial charge in [0.2, 0.25) is 11.8 Å². The molecule has 0 radical (unpaired) electrons. The number of hydrogen-bond donors (Lipinski definition) is 4. The lowest BCUT2D eigenvalue weighted by molar-refractivity contribution is -0.122. The molecule has 1 aliphatic heterocycles. The highest BCUT2D eigenvalue weighted by Crippen LogP contribution is 2.19. The van der Waals surface area contributed by atoms with E-state index in [4.69, 9.17) is 5.73 Å². The number of carbonyl (C=O) groups excluding carboxylic acids is 2. The van der Waals surface area contributed by atoms with Crippen LogP contribution >= 0.6 is 0 Å². The smallest absolute Gasteiger partial charge is 0.238 e. The van der Waals surface area contributed by atoms with Crippen LogP contribution in [-0.2, 0) is 16.0 Å². The van der Waals surface area contributed by atoms with Gasteiger partial charge in [0.05, 0.1) is 12.5 Å². The lowest BCUT2D eigenvalue weighted by Crippen LogP contribution is -2.53. The van der Waals surface area contributed by atoms with Crippen LogP contribution in [0.15, 0.2) is 54.6 Å². The Bertz CT molecular complexity index is 746. The van der Waals surface area contributed by atoms with Gasteiger partial charge in [0.1, 0.15) is 6.04 Å². The van der Waals surface area contributed by atoms with Crippen LogP contribution in [0.25, 0.3) is 11.1 Å². The molecule has 6 heteroatoms. The molecule has 1 heterocycles. The standard InChI is InChI=1S/C19H22N4O2/c1-12-17(18(19(20)25)23-22-12)21-16(24)11-13-7-9-15(10-8-13)14-5-3-2-4-6-14/h2-10,12,17-18,22-23H,11H2,1H3,(H2,20,25)(H,21,24). The second kappa shape index (κ2) is 7.46.